The highest BCUT2D eigenvalue weighted by atomic mass is 16.5. The van der Waals surface area contributed by atoms with E-state index in [4.69, 9.17) is 9.84 Å². The van der Waals surface area contributed by atoms with Crippen molar-refractivity contribution in [2.24, 2.45) is 0 Å². The van der Waals surface area contributed by atoms with Crippen LogP contribution in [-0.4, -0.2) is 16.2 Å². The number of rotatable bonds is 3. The topological polar surface area (TPSA) is 42.4 Å². The second-order valence-electron chi connectivity index (χ2n) is 4.09. The number of ether oxygens (including phenoxy) is 1. The van der Waals surface area contributed by atoms with E-state index in [2.05, 4.69) is 4.98 Å². The number of aromatic hydroxyl groups is 1. The molecule has 88 valence electrons. The summed E-state index contributed by atoms with van der Waals surface area (Å²) in [6.07, 6.45) is 1.61. The van der Waals surface area contributed by atoms with Crippen molar-refractivity contribution in [3.63, 3.8) is 0 Å². The number of hydrogen-bond acceptors (Lipinski definition) is 3. The first-order chi connectivity index (χ1) is 8.15. The standard InChI is InChI=1S/C14H15NO2/c1-10(2)17-13-6-3-11(4-7-13)14-8-5-12(16)9-15-14/h3-10,16H,1-2H3. The van der Waals surface area contributed by atoms with Crippen molar-refractivity contribution in [1.82, 2.24) is 4.98 Å². The summed E-state index contributed by atoms with van der Waals surface area (Å²) in [6.45, 7) is 3.99. The maximum Gasteiger partial charge on any atom is 0.133 e. The highest BCUT2D eigenvalue weighted by Gasteiger charge is 2.01. The lowest BCUT2D eigenvalue weighted by atomic mass is 10.1. The van der Waals surface area contributed by atoms with Gasteiger partial charge in [0.05, 0.1) is 18.0 Å². The molecule has 0 bridgehead atoms. The Bertz CT molecular complexity index is 475. The van der Waals surface area contributed by atoms with E-state index < -0.39 is 0 Å². The molecule has 0 aliphatic rings. The SMILES string of the molecule is CC(C)Oc1ccc(-c2ccc(O)cn2)cc1. The summed E-state index contributed by atoms with van der Waals surface area (Å²) in [5.74, 6) is 1.02. The van der Waals surface area contributed by atoms with Gasteiger partial charge in [-0.3, -0.25) is 4.98 Å². The van der Waals surface area contributed by atoms with Crippen LogP contribution < -0.4 is 4.74 Å². The van der Waals surface area contributed by atoms with Crippen molar-refractivity contribution in [1.29, 1.82) is 0 Å². The van der Waals surface area contributed by atoms with Crippen molar-refractivity contribution >= 4 is 0 Å². The lowest BCUT2D eigenvalue weighted by Gasteiger charge is -2.09. The Morgan fingerprint density at radius 3 is 2.29 bits per heavy atom. The fourth-order valence-electron chi connectivity index (χ4n) is 1.53. The first-order valence-electron chi connectivity index (χ1n) is 5.57. The zero-order valence-corrected chi connectivity index (χ0v) is 9.92. The maximum absolute atomic E-state index is 9.16. The van der Waals surface area contributed by atoms with Crippen LogP contribution in [0.4, 0.5) is 0 Å². The van der Waals surface area contributed by atoms with Gasteiger partial charge in [0.2, 0.25) is 0 Å². The Balaban J connectivity index is 2.20. The van der Waals surface area contributed by atoms with Crippen molar-refractivity contribution in [3.05, 3.63) is 42.6 Å². The molecule has 0 spiro atoms. The maximum atomic E-state index is 9.16. The van der Waals surface area contributed by atoms with E-state index in [0.29, 0.717) is 0 Å². The fraction of sp³-hybridized carbons (Fsp3) is 0.214. The number of benzene rings is 1. The van der Waals surface area contributed by atoms with Gasteiger partial charge in [-0.1, -0.05) is 0 Å². The molecule has 0 unspecified atom stereocenters. The second kappa shape index (κ2) is 4.87. The van der Waals surface area contributed by atoms with Crippen molar-refractivity contribution in [2.75, 3.05) is 0 Å². The van der Waals surface area contributed by atoms with E-state index in [-0.39, 0.29) is 11.9 Å². The average Bonchev–Trinajstić information content (AvgIpc) is 2.30. The smallest absolute Gasteiger partial charge is 0.133 e. The molecule has 3 heteroatoms. The Labute approximate surface area is 101 Å². The zero-order valence-electron chi connectivity index (χ0n) is 9.92. The van der Waals surface area contributed by atoms with E-state index in [1.54, 1.807) is 12.1 Å². The van der Waals surface area contributed by atoms with Crippen LogP contribution in [0.15, 0.2) is 42.6 Å². The minimum Gasteiger partial charge on any atom is -0.506 e. The van der Waals surface area contributed by atoms with Crippen LogP contribution in [0, 0.1) is 0 Å². The quantitative estimate of drug-likeness (QED) is 0.878. The van der Waals surface area contributed by atoms with Gasteiger partial charge in [-0.05, 0) is 50.2 Å². The van der Waals surface area contributed by atoms with Crippen molar-refractivity contribution in [2.45, 2.75) is 20.0 Å². The zero-order chi connectivity index (χ0) is 12.3. The van der Waals surface area contributed by atoms with Gasteiger partial charge in [-0.2, -0.15) is 0 Å². The Morgan fingerprint density at radius 2 is 1.76 bits per heavy atom. The van der Waals surface area contributed by atoms with Gasteiger partial charge < -0.3 is 9.84 Å². The molecule has 0 aliphatic heterocycles. The summed E-state index contributed by atoms with van der Waals surface area (Å²) in [6, 6.07) is 11.2. The number of aromatic nitrogens is 1. The number of hydrogen-bond donors (Lipinski definition) is 1. The van der Waals surface area contributed by atoms with Crippen LogP contribution in [0.2, 0.25) is 0 Å². The van der Waals surface area contributed by atoms with E-state index in [1.807, 2.05) is 38.1 Å². The Morgan fingerprint density at radius 1 is 1.06 bits per heavy atom. The minimum absolute atomic E-state index is 0.174. The van der Waals surface area contributed by atoms with Crippen LogP contribution in [0.3, 0.4) is 0 Å². The summed E-state index contributed by atoms with van der Waals surface area (Å²) in [5, 5.41) is 9.16. The normalized spacial score (nSPS) is 10.5. The van der Waals surface area contributed by atoms with Gasteiger partial charge >= 0.3 is 0 Å². The van der Waals surface area contributed by atoms with Gasteiger partial charge in [0.1, 0.15) is 11.5 Å². The molecule has 0 atom stereocenters. The van der Waals surface area contributed by atoms with Gasteiger partial charge in [0, 0.05) is 5.56 Å². The largest absolute Gasteiger partial charge is 0.506 e. The summed E-state index contributed by atoms with van der Waals surface area (Å²) in [5.41, 5.74) is 1.83. The summed E-state index contributed by atoms with van der Waals surface area (Å²) < 4.78 is 5.56. The predicted octanol–water partition coefficient (Wildman–Crippen LogP) is 3.24. The minimum atomic E-state index is 0.174. The first-order valence-corrected chi connectivity index (χ1v) is 5.57. The monoisotopic (exact) mass is 229 g/mol. The Kier molecular flexibility index (Phi) is 3.28. The third kappa shape index (κ3) is 2.97. The van der Waals surface area contributed by atoms with Gasteiger partial charge in [-0.15, -0.1) is 0 Å². The molecule has 0 amide bonds. The molecule has 1 aromatic heterocycles. The van der Waals surface area contributed by atoms with E-state index in [9.17, 15) is 0 Å². The van der Waals surface area contributed by atoms with Crippen LogP contribution in [0.1, 0.15) is 13.8 Å². The van der Waals surface area contributed by atoms with Crippen LogP contribution in [-0.2, 0) is 0 Å². The van der Waals surface area contributed by atoms with Crippen LogP contribution in [0.5, 0.6) is 11.5 Å². The highest BCUT2D eigenvalue weighted by Crippen LogP contribution is 2.22. The third-order valence-corrected chi connectivity index (χ3v) is 2.27. The van der Waals surface area contributed by atoms with Gasteiger partial charge in [0.25, 0.3) is 0 Å². The molecule has 17 heavy (non-hydrogen) atoms. The lowest BCUT2D eigenvalue weighted by Crippen LogP contribution is -2.05. The van der Waals surface area contributed by atoms with Crippen LogP contribution in [0.25, 0.3) is 11.3 Å². The van der Waals surface area contributed by atoms with Crippen molar-refractivity contribution in [3.8, 4) is 22.8 Å². The lowest BCUT2D eigenvalue weighted by molar-refractivity contribution is 0.242. The summed E-state index contributed by atoms with van der Waals surface area (Å²) in [4.78, 5) is 4.15. The molecule has 0 radical (unpaired) electrons. The fourth-order valence-corrected chi connectivity index (χ4v) is 1.53. The number of pyridine rings is 1. The average molecular weight is 229 g/mol. The molecule has 2 aromatic rings. The van der Waals surface area contributed by atoms with E-state index in [0.717, 1.165) is 17.0 Å². The van der Waals surface area contributed by atoms with E-state index >= 15 is 0 Å². The first kappa shape index (κ1) is 11.5. The van der Waals surface area contributed by atoms with Crippen LogP contribution >= 0.6 is 0 Å². The molecule has 1 heterocycles. The molecule has 0 saturated carbocycles. The number of nitrogens with zero attached hydrogens (tertiary/aromatic N) is 1. The van der Waals surface area contributed by atoms with Gasteiger partial charge in [0.15, 0.2) is 0 Å². The molecule has 1 aromatic carbocycles. The van der Waals surface area contributed by atoms with E-state index in [1.165, 1.54) is 6.20 Å². The molecule has 0 fully saturated rings. The highest BCUT2D eigenvalue weighted by molar-refractivity contribution is 5.60. The molecule has 0 saturated heterocycles. The summed E-state index contributed by atoms with van der Waals surface area (Å²) >= 11 is 0. The van der Waals surface area contributed by atoms with Crippen molar-refractivity contribution < 1.29 is 9.84 Å². The second-order valence-corrected chi connectivity index (χ2v) is 4.09. The summed E-state index contributed by atoms with van der Waals surface area (Å²) in [7, 11) is 0. The molecule has 1 N–H and O–H groups in total. The predicted molar refractivity (Wildman–Crippen MR) is 67.1 cm³/mol. The molecule has 3 nitrogen and oxygen atoms in total. The molecular weight excluding hydrogens is 214 g/mol. The molecule has 0 aliphatic carbocycles. The Hall–Kier alpha value is -2.03. The third-order valence-electron chi connectivity index (χ3n) is 2.27. The molecule has 2 rings (SSSR count). The molecular formula is C14H15NO2. The van der Waals surface area contributed by atoms with Gasteiger partial charge in [-0.25, -0.2) is 0 Å².